The second-order valence-electron chi connectivity index (χ2n) is 5.89. The molecule has 2 aromatic carbocycles. The van der Waals surface area contributed by atoms with Crippen LogP contribution in [0.4, 0.5) is 11.4 Å². The van der Waals surface area contributed by atoms with Crippen molar-refractivity contribution in [1.29, 1.82) is 0 Å². The highest BCUT2D eigenvalue weighted by molar-refractivity contribution is 7.19. The molecule has 4 rings (SSSR count). The zero-order valence-electron chi connectivity index (χ0n) is 14.2. The van der Waals surface area contributed by atoms with E-state index < -0.39 is 10.8 Å². The van der Waals surface area contributed by atoms with E-state index in [-0.39, 0.29) is 11.4 Å². The number of aromatic nitrogens is 2. The van der Waals surface area contributed by atoms with Crippen molar-refractivity contribution in [2.75, 3.05) is 5.32 Å². The van der Waals surface area contributed by atoms with E-state index in [2.05, 4.69) is 10.3 Å². The van der Waals surface area contributed by atoms with E-state index in [0.717, 1.165) is 17.0 Å². The van der Waals surface area contributed by atoms with E-state index in [1.54, 1.807) is 12.1 Å². The number of hydrogen-bond donors (Lipinski definition) is 1. The van der Waals surface area contributed by atoms with Crippen LogP contribution >= 0.6 is 11.3 Å². The molecule has 2 heterocycles. The van der Waals surface area contributed by atoms with E-state index in [0.29, 0.717) is 9.84 Å². The summed E-state index contributed by atoms with van der Waals surface area (Å²) >= 11 is 1.25. The summed E-state index contributed by atoms with van der Waals surface area (Å²) in [6, 6.07) is 15.9. The number of anilines is 1. The number of para-hydroxylation sites is 2. The Hall–Kier alpha value is -3.52. The molecule has 0 aliphatic heterocycles. The number of rotatable bonds is 4. The minimum atomic E-state index is -0.518. The quantitative estimate of drug-likeness (QED) is 0.417. The Kier molecular flexibility index (Phi) is 4.17. The van der Waals surface area contributed by atoms with Crippen molar-refractivity contribution < 1.29 is 9.72 Å². The van der Waals surface area contributed by atoms with Crippen molar-refractivity contribution in [2.45, 2.75) is 6.92 Å². The molecule has 0 spiro atoms. The first-order chi connectivity index (χ1) is 13.0. The van der Waals surface area contributed by atoms with Gasteiger partial charge in [-0.1, -0.05) is 53.8 Å². The highest BCUT2D eigenvalue weighted by Crippen LogP contribution is 2.29. The van der Waals surface area contributed by atoms with Crippen molar-refractivity contribution in [1.82, 2.24) is 9.38 Å². The lowest BCUT2D eigenvalue weighted by Gasteiger charge is -2.05. The summed E-state index contributed by atoms with van der Waals surface area (Å²) in [7, 11) is 0. The standard InChI is InChI=1S/C19H14N4O3S/c1-12-17(18(24)20-14-9-5-6-10-16(14)23(25)26)27-19-21-15(11-22(12)19)13-7-3-2-4-8-13/h2-11H,1H3,(H,20,24). The Morgan fingerprint density at radius 3 is 2.56 bits per heavy atom. The molecule has 0 aliphatic carbocycles. The lowest BCUT2D eigenvalue weighted by molar-refractivity contribution is -0.383. The molecule has 7 nitrogen and oxygen atoms in total. The van der Waals surface area contributed by atoms with Crippen LogP contribution in [0.25, 0.3) is 16.2 Å². The van der Waals surface area contributed by atoms with E-state index in [4.69, 9.17) is 0 Å². The molecule has 27 heavy (non-hydrogen) atoms. The molecule has 0 saturated carbocycles. The summed E-state index contributed by atoms with van der Waals surface area (Å²) in [5.41, 5.74) is 2.59. The minimum absolute atomic E-state index is 0.142. The molecular weight excluding hydrogens is 364 g/mol. The van der Waals surface area contributed by atoms with Crippen molar-refractivity contribution in [3.8, 4) is 11.3 Å². The molecule has 2 aromatic heterocycles. The van der Waals surface area contributed by atoms with Gasteiger partial charge in [0.2, 0.25) is 0 Å². The monoisotopic (exact) mass is 378 g/mol. The number of thiazole rings is 1. The molecule has 0 aliphatic rings. The Morgan fingerprint density at radius 1 is 1.15 bits per heavy atom. The minimum Gasteiger partial charge on any atom is -0.315 e. The van der Waals surface area contributed by atoms with Crippen LogP contribution in [0.15, 0.2) is 60.8 Å². The van der Waals surface area contributed by atoms with Gasteiger partial charge in [0, 0.05) is 23.5 Å². The van der Waals surface area contributed by atoms with Crippen LogP contribution in [0, 0.1) is 17.0 Å². The zero-order chi connectivity index (χ0) is 19.0. The Bertz CT molecular complexity index is 1160. The molecule has 0 fully saturated rings. The number of carbonyl (C=O) groups excluding carboxylic acids is 1. The molecule has 0 radical (unpaired) electrons. The molecule has 134 valence electrons. The van der Waals surface area contributed by atoms with Crippen LogP contribution in [-0.2, 0) is 0 Å². The van der Waals surface area contributed by atoms with Gasteiger partial charge in [-0.25, -0.2) is 4.98 Å². The number of nitro groups is 1. The highest BCUT2D eigenvalue weighted by Gasteiger charge is 2.21. The molecule has 1 N–H and O–H groups in total. The average molecular weight is 378 g/mol. The number of amides is 1. The Labute approximate surface area is 158 Å². The predicted octanol–water partition coefficient (Wildman–Crippen LogP) is 4.53. The molecule has 0 unspecified atom stereocenters. The van der Waals surface area contributed by atoms with E-state index in [1.807, 2.05) is 47.9 Å². The maximum absolute atomic E-state index is 12.7. The van der Waals surface area contributed by atoms with Crippen molar-refractivity contribution in [3.05, 3.63) is 81.5 Å². The van der Waals surface area contributed by atoms with Gasteiger partial charge in [-0.2, -0.15) is 0 Å². The third-order valence-corrected chi connectivity index (χ3v) is 5.34. The van der Waals surface area contributed by atoms with Crippen LogP contribution in [-0.4, -0.2) is 20.2 Å². The summed E-state index contributed by atoms with van der Waals surface area (Å²) in [5.74, 6) is -0.390. The van der Waals surface area contributed by atoms with Crippen LogP contribution in [0.1, 0.15) is 15.4 Å². The molecule has 0 saturated heterocycles. The maximum Gasteiger partial charge on any atom is 0.292 e. The number of aryl methyl sites for hydroxylation is 1. The number of imidazole rings is 1. The van der Waals surface area contributed by atoms with Gasteiger partial charge in [0.25, 0.3) is 11.6 Å². The van der Waals surface area contributed by atoms with Gasteiger partial charge in [0.1, 0.15) is 10.6 Å². The number of fused-ring (bicyclic) bond motifs is 1. The molecule has 4 aromatic rings. The van der Waals surface area contributed by atoms with Crippen LogP contribution < -0.4 is 5.32 Å². The second-order valence-corrected chi connectivity index (χ2v) is 6.87. The van der Waals surface area contributed by atoms with Gasteiger partial charge >= 0.3 is 0 Å². The Morgan fingerprint density at radius 2 is 1.85 bits per heavy atom. The van der Waals surface area contributed by atoms with Crippen LogP contribution in [0.3, 0.4) is 0 Å². The summed E-state index contributed by atoms with van der Waals surface area (Å²) in [4.78, 5) is 29.0. The molecular formula is C19H14N4O3S. The lowest BCUT2D eigenvalue weighted by atomic mass is 10.2. The van der Waals surface area contributed by atoms with Gasteiger partial charge in [0.15, 0.2) is 4.96 Å². The Balaban J connectivity index is 1.66. The first kappa shape index (κ1) is 16.9. The van der Waals surface area contributed by atoms with Gasteiger partial charge in [0.05, 0.1) is 10.6 Å². The van der Waals surface area contributed by atoms with E-state index >= 15 is 0 Å². The SMILES string of the molecule is Cc1c(C(=O)Nc2ccccc2[N+](=O)[O-])sc2nc(-c3ccccc3)cn12. The van der Waals surface area contributed by atoms with Crippen molar-refractivity contribution >= 4 is 33.6 Å². The first-order valence-electron chi connectivity index (χ1n) is 8.13. The van der Waals surface area contributed by atoms with Gasteiger partial charge in [-0.3, -0.25) is 19.3 Å². The van der Waals surface area contributed by atoms with Gasteiger partial charge in [-0.15, -0.1) is 0 Å². The summed E-state index contributed by atoms with van der Waals surface area (Å²) in [6.45, 7) is 1.83. The summed E-state index contributed by atoms with van der Waals surface area (Å²) in [5, 5.41) is 13.8. The fourth-order valence-corrected chi connectivity index (χ4v) is 3.83. The second kappa shape index (κ2) is 6.65. The maximum atomic E-state index is 12.7. The topological polar surface area (TPSA) is 89.5 Å². The lowest BCUT2D eigenvalue weighted by Crippen LogP contribution is -2.13. The zero-order valence-corrected chi connectivity index (χ0v) is 15.1. The molecule has 8 heteroatoms. The van der Waals surface area contributed by atoms with Crippen molar-refractivity contribution in [2.24, 2.45) is 0 Å². The highest BCUT2D eigenvalue weighted by atomic mass is 32.1. The predicted molar refractivity (Wildman–Crippen MR) is 104 cm³/mol. The van der Waals surface area contributed by atoms with E-state index in [9.17, 15) is 14.9 Å². The van der Waals surface area contributed by atoms with Crippen molar-refractivity contribution in [3.63, 3.8) is 0 Å². The smallest absolute Gasteiger partial charge is 0.292 e. The number of benzene rings is 2. The van der Waals surface area contributed by atoms with Crippen LogP contribution in [0.5, 0.6) is 0 Å². The number of nitrogens with one attached hydrogen (secondary N) is 1. The molecule has 0 atom stereocenters. The third-order valence-electron chi connectivity index (χ3n) is 4.18. The first-order valence-corrected chi connectivity index (χ1v) is 8.95. The summed E-state index contributed by atoms with van der Waals surface area (Å²) in [6.07, 6.45) is 1.89. The average Bonchev–Trinajstić information content (AvgIpc) is 3.22. The van der Waals surface area contributed by atoms with Gasteiger partial charge < -0.3 is 5.32 Å². The fraction of sp³-hybridized carbons (Fsp3) is 0.0526. The fourth-order valence-electron chi connectivity index (χ4n) is 2.83. The summed E-state index contributed by atoms with van der Waals surface area (Å²) < 4.78 is 1.86. The van der Waals surface area contributed by atoms with Crippen LogP contribution in [0.2, 0.25) is 0 Å². The van der Waals surface area contributed by atoms with Gasteiger partial charge in [-0.05, 0) is 13.0 Å². The number of carbonyl (C=O) groups is 1. The number of hydrogen-bond acceptors (Lipinski definition) is 5. The molecule has 0 bridgehead atoms. The van der Waals surface area contributed by atoms with E-state index in [1.165, 1.54) is 23.5 Å². The number of nitrogens with zero attached hydrogens (tertiary/aromatic N) is 3. The normalized spacial score (nSPS) is 10.9. The molecule has 1 amide bonds. The largest absolute Gasteiger partial charge is 0.315 e. The number of nitro benzene ring substituents is 1. The third kappa shape index (κ3) is 3.06.